The summed E-state index contributed by atoms with van der Waals surface area (Å²) in [6.07, 6.45) is -3.55. The van der Waals surface area contributed by atoms with Crippen LogP contribution in [0.1, 0.15) is 25.8 Å². The Hall–Kier alpha value is -1.23. The van der Waals surface area contributed by atoms with Crippen LogP contribution in [0, 0.1) is 11.3 Å². The zero-order valence-electron chi connectivity index (χ0n) is 12.7. The second-order valence-electron chi connectivity index (χ2n) is 6.29. The lowest BCUT2D eigenvalue weighted by molar-refractivity contribution is -0.228. The first kappa shape index (κ1) is 16.1. The molecule has 0 spiro atoms. The van der Waals surface area contributed by atoms with Crippen LogP contribution in [0.5, 0.6) is 5.75 Å². The maximum absolute atomic E-state index is 13.1. The quantitative estimate of drug-likeness (QED) is 0.830. The maximum atomic E-state index is 13.1. The predicted molar refractivity (Wildman–Crippen MR) is 76.2 cm³/mol. The van der Waals surface area contributed by atoms with E-state index in [9.17, 15) is 13.2 Å². The van der Waals surface area contributed by atoms with E-state index in [1.54, 1.807) is 7.11 Å². The zero-order chi connectivity index (χ0) is 15.7. The number of ether oxygens (including phenoxy) is 1. The van der Waals surface area contributed by atoms with Gasteiger partial charge in [-0.2, -0.15) is 13.2 Å². The van der Waals surface area contributed by atoms with Crippen LogP contribution in [0.25, 0.3) is 0 Å². The largest absolute Gasteiger partial charge is 0.497 e. The Balaban J connectivity index is 1.96. The number of halogens is 3. The number of alkyl halides is 3. The molecule has 2 nitrogen and oxygen atoms in total. The van der Waals surface area contributed by atoms with Gasteiger partial charge < -0.3 is 4.74 Å². The fourth-order valence-corrected chi connectivity index (χ4v) is 2.79. The van der Waals surface area contributed by atoms with E-state index in [1.807, 2.05) is 24.3 Å². The van der Waals surface area contributed by atoms with Crippen molar-refractivity contribution in [2.45, 2.75) is 33.0 Å². The Morgan fingerprint density at radius 2 is 1.81 bits per heavy atom. The smallest absolute Gasteiger partial charge is 0.394 e. The predicted octanol–water partition coefficient (Wildman–Crippen LogP) is 4.11. The average Bonchev–Trinajstić information content (AvgIpc) is 2.87. The van der Waals surface area contributed by atoms with Crippen LogP contribution < -0.4 is 4.74 Å². The molecule has 1 heterocycles. The van der Waals surface area contributed by atoms with Crippen molar-refractivity contribution in [3.63, 3.8) is 0 Å². The van der Waals surface area contributed by atoms with Crippen molar-refractivity contribution in [3.8, 4) is 5.75 Å². The van der Waals surface area contributed by atoms with Gasteiger partial charge in [0.1, 0.15) is 5.75 Å². The summed E-state index contributed by atoms with van der Waals surface area (Å²) < 4.78 is 44.4. The minimum Gasteiger partial charge on any atom is -0.497 e. The summed E-state index contributed by atoms with van der Waals surface area (Å²) >= 11 is 0. The van der Waals surface area contributed by atoms with Gasteiger partial charge in [0, 0.05) is 13.1 Å². The van der Waals surface area contributed by atoms with Crippen LogP contribution in [0.4, 0.5) is 13.2 Å². The molecule has 0 saturated carbocycles. The van der Waals surface area contributed by atoms with Crippen molar-refractivity contribution in [1.29, 1.82) is 0 Å². The molecule has 0 radical (unpaired) electrons. The van der Waals surface area contributed by atoms with E-state index in [2.05, 4.69) is 4.90 Å². The van der Waals surface area contributed by atoms with Gasteiger partial charge in [-0.05, 0) is 36.6 Å². The molecule has 118 valence electrons. The third kappa shape index (κ3) is 3.51. The van der Waals surface area contributed by atoms with Crippen LogP contribution in [0.2, 0.25) is 0 Å². The SMILES string of the molecule is COc1ccc(CN2CCC(C(C)(C)C(F)(F)F)C2)cc1. The van der Waals surface area contributed by atoms with Crippen molar-refractivity contribution in [2.24, 2.45) is 11.3 Å². The molecule has 0 bridgehead atoms. The first-order valence-corrected chi connectivity index (χ1v) is 7.16. The van der Waals surface area contributed by atoms with Crippen molar-refractivity contribution >= 4 is 0 Å². The van der Waals surface area contributed by atoms with Gasteiger partial charge in [0.15, 0.2) is 0 Å². The van der Waals surface area contributed by atoms with Crippen molar-refractivity contribution < 1.29 is 17.9 Å². The summed E-state index contributed by atoms with van der Waals surface area (Å²) in [7, 11) is 1.61. The first-order chi connectivity index (χ1) is 9.74. The average molecular weight is 301 g/mol. The van der Waals surface area contributed by atoms with Gasteiger partial charge in [0.25, 0.3) is 0 Å². The maximum Gasteiger partial charge on any atom is 0.394 e. The molecule has 1 atom stereocenters. The fourth-order valence-electron chi connectivity index (χ4n) is 2.79. The van der Waals surface area contributed by atoms with E-state index in [0.29, 0.717) is 19.5 Å². The standard InChI is InChI=1S/C16H22F3NO/c1-15(2,16(17,18)19)13-8-9-20(11-13)10-12-4-6-14(21-3)7-5-12/h4-7,13H,8-11H2,1-3H3. The van der Waals surface area contributed by atoms with Gasteiger partial charge >= 0.3 is 6.18 Å². The van der Waals surface area contributed by atoms with Crippen LogP contribution in [-0.2, 0) is 6.54 Å². The number of likely N-dealkylation sites (tertiary alicyclic amines) is 1. The van der Waals surface area contributed by atoms with Crippen LogP contribution in [-0.4, -0.2) is 31.3 Å². The van der Waals surface area contributed by atoms with Crippen LogP contribution in [0.15, 0.2) is 24.3 Å². The molecule has 0 amide bonds. The molecule has 1 aromatic rings. The normalized spacial score (nSPS) is 20.8. The summed E-state index contributed by atoms with van der Waals surface area (Å²) in [5.41, 5.74) is -0.525. The summed E-state index contributed by atoms with van der Waals surface area (Å²) in [5, 5.41) is 0. The highest BCUT2D eigenvalue weighted by Crippen LogP contribution is 2.46. The second-order valence-corrected chi connectivity index (χ2v) is 6.29. The zero-order valence-corrected chi connectivity index (χ0v) is 12.7. The Labute approximate surface area is 123 Å². The summed E-state index contributed by atoms with van der Waals surface area (Å²) in [6, 6.07) is 7.67. The Morgan fingerprint density at radius 3 is 2.33 bits per heavy atom. The van der Waals surface area contributed by atoms with Gasteiger partial charge in [-0.3, -0.25) is 4.90 Å². The molecule has 2 rings (SSSR count). The number of hydrogen-bond donors (Lipinski definition) is 0. The molecule has 1 unspecified atom stereocenters. The molecule has 1 saturated heterocycles. The monoisotopic (exact) mass is 301 g/mol. The molecule has 1 aliphatic rings. The third-order valence-electron chi connectivity index (χ3n) is 4.59. The van der Waals surface area contributed by atoms with E-state index in [4.69, 9.17) is 4.74 Å². The van der Waals surface area contributed by atoms with Crippen molar-refractivity contribution in [3.05, 3.63) is 29.8 Å². The highest BCUT2D eigenvalue weighted by Gasteiger charge is 2.53. The van der Waals surface area contributed by atoms with Crippen LogP contribution >= 0.6 is 0 Å². The van der Waals surface area contributed by atoms with Gasteiger partial charge in [0.05, 0.1) is 12.5 Å². The van der Waals surface area contributed by atoms with E-state index >= 15 is 0 Å². The molecule has 0 aliphatic carbocycles. The minimum absolute atomic E-state index is 0.337. The van der Waals surface area contributed by atoms with Crippen LogP contribution in [0.3, 0.4) is 0 Å². The Kier molecular flexibility index (Phi) is 4.51. The molecule has 0 N–H and O–H groups in total. The van der Waals surface area contributed by atoms with Crippen molar-refractivity contribution in [1.82, 2.24) is 4.90 Å². The molecule has 5 heteroatoms. The Bertz CT molecular complexity index is 467. The summed E-state index contributed by atoms with van der Waals surface area (Å²) in [5.74, 6) is 0.451. The number of nitrogens with zero attached hydrogens (tertiary/aromatic N) is 1. The first-order valence-electron chi connectivity index (χ1n) is 7.16. The van der Waals surface area contributed by atoms with Gasteiger partial charge in [-0.1, -0.05) is 26.0 Å². The van der Waals surface area contributed by atoms with E-state index in [1.165, 1.54) is 13.8 Å². The molecular formula is C16H22F3NO. The summed E-state index contributed by atoms with van der Waals surface area (Å²) in [6.45, 7) is 4.53. The van der Waals surface area contributed by atoms with E-state index in [-0.39, 0.29) is 5.92 Å². The number of hydrogen-bond acceptors (Lipinski definition) is 2. The van der Waals surface area contributed by atoms with Gasteiger partial charge in [-0.25, -0.2) is 0 Å². The topological polar surface area (TPSA) is 12.5 Å². The number of benzene rings is 1. The van der Waals surface area contributed by atoms with E-state index in [0.717, 1.165) is 17.9 Å². The Morgan fingerprint density at radius 1 is 1.19 bits per heavy atom. The van der Waals surface area contributed by atoms with Crippen molar-refractivity contribution in [2.75, 3.05) is 20.2 Å². The summed E-state index contributed by atoms with van der Waals surface area (Å²) in [4.78, 5) is 2.10. The molecule has 1 aromatic carbocycles. The lowest BCUT2D eigenvalue weighted by atomic mass is 9.77. The number of rotatable bonds is 4. The highest BCUT2D eigenvalue weighted by molar-refractivity contribution is 5.27. The highest BCUT2D eigenvalue weighted by atomic mass is 19.4. The molecule has 0 aromatic heterocycles. The minimum atomic E-state index is -4.15. The lowest BCUT2D eigenvalue weighted by Crippen LogP contribution is -2.40. The second kappa shape index (κ2) is 5.87. The lowest BCUT2D eigenvalue weighted by Gasteiger charge is -2.33. The molecule has 21 heavy (non-hydrogen) atoms. The fraction of sp³-hybridized carbons (Fsp3) is 0.625. The molecule has 1 aliphatic heterocycles. The van der Waals surface area contributed by atoms with Gasteiger partial charge in [0.2, 0.25) is 0 Å². The molecular weight excluding hydrogens is 279 g/mol. The number of methoxy groups -OCH3 is 1. The van der Waals surface area contributed by atoms with Gasteiger partial charge in [-0.15, -0.1) is 0 Å². The third-order valence-corrected chi connectivity index (χ3v) is 4.59. The molecule has 1 fully saturated rings. The van der Waals surface area contributed by atoms with E-state index < -0.39 is 11.6 Å².